The molecule has 5 nitrogen and oxygen atoms in total. The first-order valence-corrected chi connectivity index (χ1v) is 6.59. The molecule has 0 aromatic rings. The zero-order chi connectivity index (χ0) is 13.1. The lowest BCUT2D eigenvalue weighted by molar-refractivity contribution is -0.122. The number of amides is 3. The van der Waals surface area contributed by atoms with E-state index in [1.807, 2.05) is 6.20 Å². The van der Waals surface area contributed by atoms with E-state index in [0.29, 0.717) is 31.8 Å². The Morgan fingerprint density at radius 2 is 1.78 bits per heavy atom. The molecule has 1 aliphatic carbocycles. The average molecular weight is 251 g/mol. The maximum atomic E-state index is 11.9. The predicted molar refractivity (Wildman–Crippen MR) is 68.5 cm³/mol. The number of piperidine rings is 1. The topological polar surface area (TPSA) is 75.4 Å². The van der Waals surface area contributed by atoms with Gasteiger partial charge in [-0.1, -0.05) is 5.57 Å². The van der Waals surface area contributed by atoms with Gasteiger partial charge in [0.1, 0.15) is 0 Å². The van der Waals surface area contributed by atoms with Crippen LogP contribution in [0.2, 0.25) is 0 Å². The van der Waals surface area contributed by atoms with E-state index in [9.17, 15) is 9.59 Å². The van der Waals surface area contributed by atoms with Gasteiger partial charge in [-0.25, -0.2) is 4.79 Å². The highest BCUT2D eigenvalue weighted by atomic mass is 16.2. The summed E-state index contributed by atoms with van der Waals surface area (Å²) < 4.78 is 0. The normalized spacial score (nSPS) is 21.8. The van der Waals surface area contributed by atoms with Gasteiger partial charge < -0.3 is 16.0 Å². The van der Waals surface area contributed by atoms with Crippen molar-refractivity contribution in [3.05, 3.63) is 11.8 Å². The summed E-state index contributed by atoms with van der Waals surface area (Å²) in [6.45, 7) is 3.27. The van der Waals surface area contributed by atoms with Crippen LogP contribution in [0.15, 0.2) is 11.8 Å². The van der Waals surface area contributed by atoms with Crippen LogP contribution in [0.4, 0.5) is 4.79 Å². The summed E-state index contributed by atoms with van der Waals surface area (Å²) in [7, 11) is 0. The molecule has 5 heteroatoms. The van der Waals surface area contributed by atoms with Crippen LogP contribution in [-0.2, 0) is 4.79 Å². The molecule has 0 aromatic heterocycles. The minimum absolute atomic E-state index is 0.0714. The molecule has 0 bridgehead atoms. The zero-order valence-electron chi connectivity index (χ0n) is 10.8. The van der Waals surface area contributed by atoms with Gasteiger partial charge in [-0.15, -0.1) is 0 Å². The van der Waals surface area contributed by atoms with Gasteiger partial charge in [-0.3, -0.25) is 4.79 Å². The molecule has 3 amide bonds. The van der Waals surface area contributed by atoms with E-state index < -0.39 is 0 Å². The van der Waals surface area contributed by atoms with Gasteiger partial charge in [0.05, 0.1) is 0 Å². The number of carbonyl (C=O) groups is 2. The van der Waals surface area contributed by atoms with Gasteiger partial charge in [-0.05, 0) is 38.5 Å². The Kier molecular flexibility index (Phi) is 3.89. The van der Waals surface area contributed by atoms with Gasteiger partial charge in [0.25, 0.3) is 0 Å². The number of carbonyl (C=O) groups excluding carboxylic acids is 2. The Bertz CT molecular complexity index is 366. The number of nitrogens with one attached hydrogen (secondary N) is 1. The number of nitrogens with two attached hydrogens (primary N) is 1. The van der Waals surface area contributed by atoms with Gasteiger partial charge in [0.2, 0.25) is 5.91 Å². The second-order valence-electron chi connectivity index (χ2n) is 5.28. The van der Waals surface area contributed by atoms with E-state index in [0.717, 1.165) is 0 Å². The van der Waals surface area contributed by atoms with E-state index in [4.69, 9.17) is 5.73 Å². The van der Waals surface area contributed by atoms with E-state index in [2.05, 4.69) is 12.2 Å². The fourth-order valence-electron chi connectivity index (χ4n) is 2.29. The molecular formula is C13H21N3O2. The van der Waals surface area contributed by atoms with Crippen molar-refractivity contribution in [3.8, 4) is 0 Å². The van der Waals surface area contributed by atoms with Crippen molar-refractivity contribution in [3.63, 3.8) is 0 Å². The Morgan fingerprint density at radius 1 is 1.17 bits per heavy atom. The lowest BCUT2D eigenvalue weighted by Gasteiger charge is -2.30. The summed E-state index contributed by atoms with van der Waals surface area (Å²) >= 11 is 0. The van der Waals surface area contributed by atoms with E-state index in [-0.39, 0.29) is 17.9 Å². The molecule has 0 aromatic carbocycles. The van der Waals surface area contributed by atoms with Crippen molar-refractivity contribution in [2.24, 2.45) is 17.6 Å². The number of likely N-dealkylation sites (tertiary alicyclic amines) is 1. The number of nitrogens with zero attached hydrogens (tertiary/aromatic N) is 1. The third-order valence-corrected chi connectivity index (χ3v) is 3.83. The molecule has 1 heterocycles. The SMILES string of the molecule is C/C(=C\NC(=O)N1CCC(C(N)=O)CC1)C1CC1. The molecule has 1 saturated heterocycles. The van der Waals surface area contributed by atoms with Crippen LogP contribution in [0.1, 0.15) is 32.6 Å². The standard InChI is InChI=1S/C13H21N3O2/c1-9(10-2-3-10)8-15-13(18)16-6-4-11(5-7-16)12(14)17/h8,10-11H,2-7H2,1H3,(H2,14,17)(H,15,18)/b9-8+. The van der Waals surface area contributed by atoms with Crippen molar-refractivity contribution < 1.29 is 9.59 Å². The Labute approximate surface area is 107 Å². The summed E-state index contributed by atoms with van der Waals surface area (Å²) in [6, 6.07) is -0.0714. The summed E-state index contributed by atoms with van der Waals surface area (Å²) in [5, 5.41) is 2.83. The van der Waals surface area contributed by atoms with Crippen LogP contribution in [0, 0.1) is 11.8 Å². The summed E-state index contributed by atoms with van der Waals surface area (Å²) in [6.07, 6.45) is 5.65. The summed E-state index contributed by atoms with van der Waals surface area (Å²) in [4.78, 5) is 24.6. The first-order chi connectivity index (χ1) is 8.58. The van der Waals surface area contributed by atoms with Gasteiger partial charge in [0.15, 0.2) is 0 Å². The monoisotopic (exact) mass is 251 g/mol. The maximum absolute atomic E-state index is 11.9. The molecular weight excluding hydrogens is 230 g/mol. The van der Waals surface area contributed by atoms with Gasteiger partial charge in [0, 0.05) is 25.2 Å². The van der Waals surface area contributed by atoms with Crippen molar-refractivity contribution >= 4 is 11.9 Å². The number of hydrogen-bond acceptors (Lipinski definition) is 2. The fourth-order valence-corrected chi connectivity index (χ4v) is 2.29. The molecule has 0 atom stereocenters. The quantitative estimate of drug-likeness (QED) is 0.791. The molecule has 3 N–H and O–H groups in total. The minimum atomic E-state index is -0.250. The Balaban J connectivity index is 1.76. The molecule has 0 radical (unpaired) electrons. The maximum Gasteiger partial charge on any atom is 0.321 e. The van der Waals surface area contributed by atoms with E-state index in [1.165, 1.54) is 18.4 Å². The van der Waals surface area contributed by atoms with Crippen LogP contribution < -0.4 is 11.1 Å². The smallest absolute Gasteiger partial charge is 0.321 e. The van der Waals surface area contributed by atoms with Crippen LogP contribution in [0.5, 0.6) is 0 Å². The van der Waals surface area contributed by atoms with E-state index in [1.54, 1.807) is 4.90 Å². The molecule has 2 aliphatic rings. The van der Waals surface area contributed by atoms with Gasteiger partial charge in [-0.2, -0.15) is 0 Å². The fraction of sp³-hybridized carbons (Fsp3) is 0.692. The molecule has 100 valence electrons. The first-order valence-electron chi connectivity index (χ1n) is 6.59. The molecule has 2 fully saturated rings. The summed E-state index contributed by atoms with van der Waals surface area (Å²) in [5.41, 5.74) is 6.51. The second-order valence-corrected chi connectivity index (χ2v) is 5.28. The predicted octanol–water partition coefficient (Wildman–Crippen LogP) is 1.21. The number of primary amides is 1. The largest absolute Gasteiger partial charge is 0.369 e. The third-order valence-electron chi connectivity index (χ3n) is 3.83. The second kappa shape index (κ2) is 5.42. The zero-order valence-corrected chi connectivity index (χ0v) is 10.8. The van der Waals surface area contributed by atoms with Crippen molar-refractivity contribution in [2.75, 3.05) is 13.1 Å². The molecule has 1 aliphatic heterocycles. The van der Waals surface area contributed by atoms with Crippen molar-refractivity contribution in [1.29, 1.82) is 0 Å². The molecule has 18 heavy (non-hydrogen) atoms. The molecule has 1 saturated carbocycles. The lowest BCUT2D eigenvalue weighted by Crippen LogP contribution is -2.45. The van der Waals surface area contributed by atoms with Crippen molar-refractivity contribution in [2.45, 2.75) is 32.6 Å². The highest BCUT2D eigenvalue weighted by Crippen LogP contribution is 2.35. The van der Waals surface area contributed by atoms with Crippen LogP contribution in [0.3, 0.4) is 0 Å². The molecule has 0 unspecified atom stereocenters. The first kappa shape index (κ1) is 12.9. The average Bonchev–Trinajstić information content (AvgIpc) is 3.20. The molecule has 0 spiro atoms. The number of allylic oxidation sites excluding steroid dienone is 1. The highest BCUT2D eigenvalue weighted by Gasteiger charge is 2.26. The number of urea groups is 1. The highest BCUT2D eigenvalue weighted by molar-refractivity contribution is 5.78. The van der Waals surface area contributed by atoms with E-state index >= 15 is 0 Å². The van der Waals surface area contributed by atoms with Crippen molar-refractivity contribution in [1.82, 2.24) is 10.2 Å². The Hall–Kier alpha value is -1.52. The minimum Gasteiger partial charge on any atom is -0.369 e. The Morgan fingerprint density at radius 3 is 2.28 bits per heavy atom. The van der Waals surface area contributed by atoms with Crippen LogP contribution in [0.25, 0.3) is 0 Å². The lowest BCUT2D eigenvalue weighted by atomic mass is 9.96. The van der Waals surface area contributed by atoms with Crippen LogP contribution in [-0.4, -0.2) is 29.9 Å². The van der Waals surface area contributed by atoms with Crippen LogP contribution >= 0.6 is 0 Å². The third kappa shape index (κ3) is 3.24. The van der Waals surface area contributed by atoms with Gasteiger partial charge >= 0.3 is 6.03 Å². The molecule has 2 rings (SSSR count). The summed E-state index contributed by atoms with van der Waals surface area (Å²) in [5.74, 6) is 0.350. The number of hydrogen-bond donors (Lipinski definition) is 2. The number of rotatable bonds is 3.